The predicted octanol–water partition coefficient (Wildman–Crippen LogP) is 5.43. The van der Waals surface area contributed by atoms with Gasteiger partial charge in [-0.3, -0.25) is 19.2 Å². The number of rotatable bonds is 14. The van der Waals surface area contributed by atoms with Crippen LogP contribution in [0.4, 0.5) is 26.3 Å². The van der Waals surface area contributed by atoms with Gasteiger partial charge in [-0.1, -0.05) is 61.9 Å². The number of fused-ring (bicyclic) bond motifs is 1. The average Bonchev–Trinajstić information content (AvgIpc) is 3.38. The van der Waals surface area contributed by atoms with Gasteiger partial charge in [0, 0.05) is 37.6 Å². The summed E-state index contributed by atoms with van der Waals surface area (Å²) in [6.45, 7) is 10.6. The zero-order valence-electron chi connectivity index (χ0n) is 26.4. The van der Waals surface area contributed by atoms with Crippen LogP contribution in [0.5, 0.6) is 5.75 Å². The van der Waals surface area contributed by atoms with E-state index in [1.54, 1.807) is 6.07 Å². The molecule has 0 unspecified atom stereocenters. The lowest BCUT2D eigenvalue weighted by molar-refractivity contribution is -0.193. The second-order valence-electron chi connectivity index (χ2n) is 11.9. The number of halogens is 7. The number of amides is 1. The van der Waals surface area contributed by atoms with Crippen molar-refractivity contribution in [3.8, 4) is 5.75 Å². The number of Topliss-reactive ketones (excluding diaryl/α,β-unsaturated/α-hetero) is 2. The number of phenolic OH excluding ortho intramolecular Hbond substituents is 1. The van der Waals surface area contributed by atoms with Crippen LogP contribution in [0.1, 0.15) is 38.3 Å². The molecule has 0 bridgehead atoms. The number of H-pyrrole nitrogens is 1. The van der Waals surface area contributed by atoms with Crippen molar-refractivity contribution in [2.75, 3.05) is 39.3 Å². The van der Waals surface area contributed by atoms with Gasteiger partial charge in [-0.2, -0.15) is 26.3 Å². The number of nitrogens with zero attached hydrogens (tertiary/aromatic N) is 1. The Morgan fingerprint density at radius 3 is 1.98 bits per heavy atom. The lowest BCUT2D eigenvalue weighted by Crippen LogP contribution is -2.42. The first-order valence-electron chi connectivity index (χ1n) is 14.7. The fourth-order valence-corrected chi connectivity index (χ4v) is 5.34. The Hall–Kier alpha value is -3.47. The fourth-order valence-electron chi connectivity index (χ4n) is 4.32. The van der Waals surface area contributed by atoms with E-state index in [1.165, 1.54) is 5.56 Å². The van der Waals surface area contributed by atoms with E-state index < -0.39 is 23.9 Å². The Morgan fingerprint density at radius 1 is 0.854 bits per heavy atom. The first kappa shape index (κ1) is 40.7. The molecular formula is C31H37ClF6N4O5S. The minimum Gasteiger partial charge on any atom is -0.506 e. The quantitative estimate of drug-likeness (QED) is 0.0991. The van der Waals surface area contributed by atoms with Gasteiger partial charge in [-0.25, -0.2) is 0 Å². The average molecular weight is 727 g/mol. The molecular weight excluding hydrogens is 690 g/mol. The second-order valence-corrected chi connectivity index (χ2v) is 13.3. The maximum absolute atomic E-state index is 12.9. The van der Waals surface area contributed by atoms with Crippen LogP contribution in [0.3, 0.4) is 0 Å². The standard InChI is InChI=1S/C27H37ClN4O3S.C4F6O2/c1-27(2,3)18-32(23(34)12-15-29-13-10-19-4-7-21(28)8-5-19)17-16-30-14-11-20-6-9-22(33)24-25(20)36-26(35)31-24;5-3(6,7)1(11)2(12)4(8,9)10/h4-9,29-30,33H,10-18H2,1-3H3,(H,31,35);. The van der Waals surface area contributed by atoms with E-state index in [9.17, 15) is 50.6 Å². The number of thiazole rings is 1. The van der Waals surface area contributed by atoms with Gasteiger partial charge in [-0.05, 0) is 60.7 Å². The summed E-state index contributed by atoms with van der Waals surface area (Å²) >= 11 is 7.05. The molecule has 9 nitrogen and oxygen atoms in total. The summed E-state index contributed by atoms with van der Waals surface area (Å²) in [6.07, 6.45) is -9.45. The molecule has 3 aromatic rings. The number of ketones is 2. The fraction of sp³-hybridized carbons (Fsp3) is 0.484. The largest absolute Gasteiger partial charge is 0.506 e. The van der Waals surface area contributed by atoms with Gasteiger partial charge in [-0.15, -0.1) is 0 Å². The Morgan fingerprint density at radius 2 is 1.42 bits per heavy atom. The van der Waals surface area contributed by atoms with Crippen LogP contribution >= 0.6 is 22.9 Å². The molecule has 4 N–H and O–H groups in total. The van der Waals surface area contributed by atoms with Gasteiger partial charge in [0.05, 0.1) is 4.70 Å². The molecule has 0 aliphatic rings. The van der Waals surface area contributed by atoms with Gasteiger partial charge in [0.25, 0.3) is 0 Å². The van der Waals surface area contributed by atoms with E-state index in [-0.39, 0.29) is 21.9 Å². The molecule has 0 saturated carbocycles. The first-order chi connectivity index (χ1) is 22.2. The number of aromatic hydroxyl groups is 1. The number of carbonyl (C=O) groups excluding carboxylic acids is 3. The third-order valence-electron chi connectivity index (χ3n) is 6.53. The number of carbonyl (C=O) groups is 3. The summed E-state index contributed by atoms with van der Waals surface area (Å²) in [5.74, 6) is -6.57. The molecule has 17 heteroatoms. The molecule has 0 atom stereocenters. The number of phenols is 1. The Bertz CT molecular complexity index is 1560. The molecule has 0 radical (unpaired) electrons. The number of aromatic amines is 1. The van der Waals surface area contributed by atoms with Gasteiger partial charge < -0.3 is 25.6 Å². The van der Waals surface area contributed by atoms with Crippen LogP contribution < -0.4 is 15.5 Å². The van der Waals surface area contributed by atoms with Crippen molar-refractivity contribution >= 4 is 50.6 Å². The maximum atomic E-state index is 12.9. The summed E-state index contributed by atoms with van der Waals surface area (Å²) in [7, 11) is 0. The zero-order valence-corrected chi connectivity index (χ0v) is 28.0. The van der Waals surface area contributed by atoms with Crippen LogP contribution in [0, 0.1) is 5.41 Å². The van der Waals surface area contributed by atoms with Crippen molar-refractivity contribution in [3.63, 3.8) is 0 Å². The number of alkyl halides is 6. The van der Waals surface area contributed by atoms with Gasteiger partial charge in [0.1, 0.15) is 11.3 Å². The number of benzene rings is 2. The maximum Gasteiger partial charge on any atom is 0.458 e. The summed E-state index contributed by atoms with van der Waals surface area (Å²) < 4.78 is 67.8. The summed E-state index contributed by atoms with van der Waals surface area (Å²) in [6, 6.07) is 11.3. The number of hydrogen-bond acceptors (Lipinski definition) is 8. The molecule has 266 valence electrons. The van der Waals surface area contributed by atoms with Crippen molar-refractivity contribution in [1.82, 2.24) is 20.5 Å². The summed E-state index contributed by atoms with van der Waals surface area (Å²) in [5.41, 5.74) is 2.76. The number of aromatic nitrogens is 1. The van der Waals surface area contributed by atoms with E-state index >= 15 is 0 Å². The lowest BCUT2D eigenvalue weighted by atomic mass is 9.96. The van der Waals surface area contributed by atoms with Gasteiger partial charge >= 0.3 is 28.8 Å². The minimum atomic E-state index is -5.77. The van der Waals surface area contributed by atoms with Crippen LogP contribution in [0.2, 0.25) is 5.02 Å². The van der Waals surface area contributed by atoms with Crippen molar-refractivity contribution < 1.29 is 45.8 Å². The molecule has 0 aliphatic carbocycles. The van der Waals surface area contributed by atoms with Gasteiger partial charge in [0.2, 0.25) is 5.91 Å². The highest BCUT2D eigenvalue weighted by molar-refractivity contribution is 7.16. The van der Waals surface area contributed by atoms with Crippen LogP contribution in [-0.4, -0.2) is 84.1 Å². The van der Waals surface area contributed by atoms with Crippen LogP contribution in [-0.2, 0) is 27.2 Å². The molecule has 2 aromatic carbocycles. The van der Waals surface area contributed by atoms with E-state index in [2.05, 4.69) is 36.4 Å². The molecule has 3 rings (SSSR count). The highest BCUT2D eigenvalue weighted by Crippen LogP contribution is 2.28. The Labute approximate surface area is 281 Å². The SMILES string of the molecule is CC(C)(C)CN(CCNCCc1ccc(O)c2[nH]c(=O)sc12)C(=O)CCNCCc1ccc(Cl)cc1.O=C(C(=O)C(F)(F)F)C(F)(F)F. The molecule has 48 heavy (non-hydrogen) atoms. The molecule has 0 saturated heterocycles. The predicted molar refractivity (Wildman–Crippen MR) is 171 cm³/mol. The molecule has 0 fully saturated rings. The number of nitrogens with one attached hydrogen (secondary N) is 3. The van der Waals surface area contributed by atoms with Crippen molar-refractivity contribution in [2.45, 2.75) is 52.4 Å². The topological polar surface area (TPSA) is 132 Å². The van der Waals surface area contributed by atoms with E-state index in [4.69, 9.17) is 11.6 Å². The Balaban J connectivity index is 0.000000567. The lowest BCUT2D eigenvalue weighted by Gasteiger charge is -2.30. The van der Waals surface area contributed by atoms with Gasteiger partial charge in [0.15, 0.2) is 0 Å². The van der Waals surface area contributed by atoms with Crippen molar-refractivity contribution in [3.05, 3.63) is 62.2 Å². The van der Waals surface area contributed by atoms with E-state index in [0.717, 1.165) is 52.6 Å². The molecule has 0 aliphatic heterocycles. The van der Waals surface area contributed by atoms with E-state index in [1.807, 2.05) is 35.2 Å². The third kappa shape index (κ3) is 13.9. The number of hydrogen-bond donors (Lipinski definition) is 4. The summed E-state index contributed by atoms with van der Waals surface area (Å²) in [4.78, 5) is 48.3. The molecule has 1 amide bonds. The first-order valence-corrected chi connectivity index (χ1v) is 15.9. The van der Waals surface area contributed by atoms with Crippen molar-refractivity contribution in [2.24, 2.45) is 5.41 Å². The molecule has 0 spiro atoms. The van der Waals surface area contributed by atoms with E-state index in [0.29, 0.717) is 38.1 Å². The molecule has 1 aromatic heterocycles. The zero-order chi connectivity index (χ0) is 36.3. The van der Waals surface area contributed by atoms with Crippen LogP contribution in [0.25, 0.3) is 10.2 Å². The Kier molecular flexibility index (Phi) is 15.1. The monoisotopic (exact) mass is 726 g/mol. The normalized spacial score (nSPS) is 12.0. The summed E-state index contributed by atoms with van der Waals surface area (Å²) in [5, 5.41) is 17.5. The second kappa shape index (κ2) is 17.8. The smallest absolute Gasteiger partial charge is 0.458 e. The highest BCUT2D eigenvalue weighted by atomic mass is 35.5. The molecule has 1 heterocycles. The highest BCUT2D eigenvalue weighted by Gasteiger charge is 2.54. The van der Waals surface area contributed by atoms with Crippen LogP contribution in [0.15, 0.2) is 41.2 Å². The minimum absolute atomic E-state index is 0.0149. The van der Waals surface area contributed by atoms with Crippen molar-refractivity contribution in [1.29, 1.82) is 0 Å². The third-order valence-corrected chi connectivity index (χ3v) is 7.74.